The lowest BCUT2D eigenvalue weighted by Crippen LogP contribution is -2.63. The summed E-state index contributed by atoms with van der Waals surface area (Å²) >= 11 is 0. The average molecular weight is 655 g/mol. The number of halogens is 3. The van der Waals surface area contributed by atoms with Crippen molar-refractivity contribution in [1.82, 2.24) is 20.6 Å². The number of carbonyl (C=O) groups excluding carboxylic acids is 4. The van der Waals surface area contributed by atoms with E-state index in [0.717, 1.165) is 19.1 Å². The predicted molar refractivity (Wildman–Crippen MR) is 144 cm³/mol. The number of hydrogen-bond acceptors (Lipinski definition) is 13. The van der Waals surface area contributed by atoms with Crippen LogP contribution in [-0.2, 0) is 37.1 Å². The Kier molecular flexibility index (Phi) is 11.1. The van der Waals surface area contributed by atoms with E-state index in [9.17, 15) is 52.6 Å². The van der Waals surface area contributed by atoms with Gasteiger partial charge in [-0.3, -0.25) is 35.7 Å². The maximum atomic E-state index is 13.0. The molecule has 18 nitrogen and oxygen atoms in total. The lowest BCUT2D eigenvalue weighted by atomic mass is 10.1. The molecule has 1 saturated heterocycles. The minimum Gasteiger partial charge on any atom is -0.444 e. The first-order valence-electron chi connectivity index (χ1n) is 12.8. The van der Waals surface area contributed by atoms with E-state index in [0.29, 0.717) is 21.1 Å². The molecule has 0 spiro atoms. The molecule has 21 heteroatoms. The van der Waals surface area contributed by atoms with Crippen LogP contribution in [0.25, 0.3) is 0 Å². The number of guanidine groups is 1. The molecule has 1 fully saturated rings. The molecule has 46 heavy (non-hydrogen) atoms. The molecule has 2 aromatic carbocycles. The number of nitrogens with zero attached hydrogens (tertiary/aromatic N) is 4. The molecule has 1 aliphatic heterocycles. The first-order valence-corrected chi connectivity index (χ1v) is 12.8. The number of carbonyl (C=O) groups is 4. The minimum atomic E-state index is -5.23. The highest BCUT2D eigenvalue weighted by molar-refractivity contribution is 6.03. The third-order valence-electron chi connectivity index (χ3n) is 6.09. The summed E-state index contributed by atoms with van der Waals surface area (Å²) < 4.78 is 47.2. The molecular weight excluding hydrogens is 631 g/mol. The SMILES string of the molecule is C[C@@H](C(=O)NC1CN(OC(=O)C(F)(F)F)C1)N(C(=N)NC(=O)OCc1ccc([N+](=O)[O-])cc1)C(=O)OCc1ccc([N+](=O)[O-])cc1. The smallest absolute Gasteiger partial charge is 0.444 e. The van der Waals surface area contributed by atoms with E-state index in [-0.39, 0.29) is 24.5 Å². The number of nitro groups is 2. The van der Waals surface area contributed by atoms with Crippen LogP contribution in [0.5, 0.6) is 0 Å². The molecule has 1 aliphatic rings. The summed E-state index contributed by atoms with van der Waals surface area (Å²) in [5.74, 6) is -4.38. The summed E-state index contributed by atoms with van der Waals surface area (Å²) in [5.41, 5.74) is 0.195. The zero-order valence-electron chi connectivity index (χ0n) is 23.5. The number of hydrogen-bond donors (Lipinski definition) is 3. The number of non-ortho nitro benzene ring substituents is 2. The molecule has 0 bridgehead atoms. The maximum absolute atomic E-state index is 13.0. The van der Waals surface area contributed by atoms with Gasteiger partial charge in [0.1, 0.15) is 19.3 Å². The standard InChI is InChI=1S/C25H24F3N7O11/c1-14(20(36)30-17-10-32(11-17)46-21(37)25(26,27)28)33(24(39)45-13-16-4-8-19(9-5-16)35(42)43)22(29)31-23(38)44-12-15-2-6-18(7-3-15)34(40)41/h2-9,14,17H,10-13H2,1H3,(H,30,36)(H2,29,31,38)/t14-/m0/s1. The Morgan fingerprint density at radius 2 is 1.43 bits per heavy atom. The van der Waals surface area contributed by atoms with Gasteiger partial charge in [-0.05, 0) is 42.3 Å². The van der Waals surface area contributed by atoms with Gasteiger partial charge in [0.25, 0.3) is 11.4 Å². The Morgan fingerprint density at radius 1 is 0.957 bits per heavy atom. The second-order valence-corrected chi connectivity index (χ2v) is 9.43. The van der Waals surface area contributed by atoms with Crippen molar-refractivity contribution in [2.75, 3.05) is 13.1 Å². The Balaban J connectivity index is 1.64. The van der Waals surface area contributed by atoms with E-state index in [1.807, 2.05) is 5.32 Å². The van der Waals surface area contributed by atoms with Gasteiger partial charge in [-0.15, -0.1) is 5.06 Å². The predicted octanol–water partition coefficient (Wildman–Crippen LogP) is 2.51. The summed E-state index contributed by atoms with van der Waals surface area (Å²) in [6.07, 6.45) is -7.81. The van der Waals surface area contributed by atoms with Crippen molar-refractivity contribution >= 4 is 41.4 Å². The highest BCUT2D eigenvalue weighted by Crippen LogP contribution is 2.20. The van der Waals surface area contributed by atoms with Crippen molar-refractivity contribution in [3.63, 3.8) is 0 Å². The Morgan fingerprint density at radius 3 is 1.89 bits per heavy atom. The highest BCUT2D eigenvalue weighted by Gasteiger charge is 2.45. The minimum absolute atomic E-state index is 0.206. The number of amides is 3. The van der Waals surface area contributed by atoms with Crippen LogP contribution >= 0.6 is 0 Å². The molecule has 0 radical (unpaired) electrons. The van der Waals surface area contributed by atoms with Gasteiger partial charge in [-0.1, -0.05) is 0 Å². The highest BCUT2D eigenvalue weighted by atomic mass is 19.4. The molecular formula is C25H24F3N7O11. The Hall–Kier alpha value is -5.86. The summed E-state index contributed by atoms with van der Waals surface area (Å²) in [7, 11) is 0. The van der Waals surface area contributed by atoms with Crippen LogP contribution in [0, 0.1) is 25.6 Å². The Bertz CT molecular complexity index is 1500. The molecule has 0 unspecified atom stereocenters. The van der Waals surface area contributed by atoms with Crippen molar-refractivity contribution < 1.29 is 56.5 Å². The lowest BCUT2D eigenvalue weighted by Gasteiger charge is -2.38. The van der Waals surface area contributed by atoms with Gasteiger partial charge < -0.3 is 19.6 Å². The van der Waals surface area contributed by atoms with Crippen molar-refractivity contribution in [2.24, 2.45) is 0 Å². The molecule has 1 heterocycles. The number of rotatable bonds is 10. The number of benzene rings is 2. The molecule has 3 amide bonds. The summed E-state index contributed by atoms with van der Waals surface area (Å²) in [4.78, 5) is 74.2. The van der Waals surface area contributed by atoms with Gasteiger partial charge in [-0.25, -0.2) is 19.3 Å². The maximum Gasteiger partial charge on any atom is 0.492 e. The fourth-order valence-electron chi connectivity index (χ4n) is 3.64. The largest absolute Gasteiger partial charge is 0.492 e. The number of nitrogens with one attached hydrogen (secondary N) is 3. The number of ether oxygens (including phenoxy) is 2. The molecule has 0 aromatic heterocycles. The van der Waals surface area contributed by atoms with Crippen LogP contribution in [-0.4, -0.2) is 81.2 Å². The Labute approximate surface area is 255 Å². The number of alkyl halides is 3. The average Bonchev–Trinajstić information content (AvgIpc) is 2.97. The fourth-order valence-corrected chi connectivity index (χ4v) is 3.64. The van der Waals surface area contributed by atoms with Crippen LogP contribution in [0.15, 0.2) is 48.5 Å². The van der Waals surface area contributed by atoms with E-state index in [1.54, 1.807) is 0 Å². The van der Waals surface area contributed by atoms with E-state index in [4.69, 9.17) is 14.9 Å². The summed E-state index contributed by atoms with van der Waals surface area (Å²) in [6, 6.07) is 7.46. The van der Waals surface area contributed by atoms with Crippen LogP contribution in [0.1, 0.15) is 18.1 Å². The van der Waals surface area contributed by atoms with Crippen LogP contribution in [0.4, 0.5) is 34.1 Å². The van der Waals surface area contributed by atoms with Gasteiger partial charge >= 0.3 is 24.3 Å². The van der Waals surface area contributed by atoms with E-state index in [2.05, 4.69) is 10.2 Å². The third kappa shape index (κ3) is 9.57. The topological polar surface area (TPSA) is 237 Å². The molecule has 1 atom stereocenters. The first kappa shape index (κ1) is 34.6. The molecule has 3 rings (SSSR count). The summed E-state index contributed by atoms with van der Waals surface area (Å²) in [5, 5.41) is 34.9. The van der Waals surface area contributed by atoms with E-state index >= 15 is 0 Å². The van der Waals surface area contributed by atoms with Gasteiger partial charge in [0.2, 0.25) is 11.9 Å². The molecule has 2 aromatic rings. The van der Waals surface area contributed by atoms with Crippen LogP contribution in [0.3, 0.4) is 0 Å². The second kappa shape index (κ2) is 14.7. The van der Waals surface area contributed by atoms with Crippen molar-refractivity contribution in [1.29, 1.82) is 5.41 Å². The van der Waals surface area contributed by atoms with Crippen molar-refractivity contribution in [3.8, 4) is 0 Å². The van der Waals surface area contributed by atoms with E-state index < -0.39 is 71.3 Å². The first-order chi connectivity index (χ1) is 21.5. The van der Waals surface area contributed by atoms with Crippen LogP contribution < -0.4 is 10.6 Å². The zero-order valence-corrected chi connectivity index (χ0v) is 23.5. The second-order valence-electron chi connectivity index (χ2n) is 9.43. The van der Waals surface area contributed by atoms with Crippen molar-refractivity contribution in [2.45, 2.75) is 38.4 Å². The lowest BCUT2D eigenvalue weighted by molar-refractivity contribution is -0.385. The van der Waals surface area contributed by atoms with Crippen molar-refractivity contribution in [3.05, 3.63) is 79.9 Å². The molecule has 0 aliphatic carbocycles. The number of nitro benzene ring substituents is 2. The monoisotopic (exact) mass is 655 g/mol. The van der Waals surface area contributed by atoms with Gasteiger partial charge in [-0.2, -0.15) is 13.2 Å². The zero-order chi connectivity index (χ0) is 34.2. The molecule has 246 valence electrons. The molecule has 0 saturated carbocycles. The van der Waals surface area contributed by atoms with Gasteiger partial charge in [0, 0.05) is 24.3 Å². The molecule has 3 N–H and O–H groups in total. The fraction of sp³-hybridized carbons (Fsp3) is 0.320. The number of hydroxylamine groups is 2. The van der Waals surface area contributed by atoms with Crippen LogP contribution in [0.2, 0.25) is 0 Å². The number of alkyl carbamates (subject to hydrolysis) is 1. The third-order valence-corrected chi connectivity index (χ3v) is 6.09. The normalized spacial score (nSPS) is 13.7. The van der Waals surface area contributed by atoms with Gasteiger partial charge in [0.15, 0.2) is 0 Å². The quantitative estimate of drug-likeness (QED) is 0.145. The summed E-state index contributed by atoms with van der Waals surface area (Å²) in [6.45, 7) is -0.372. The van der Waals surface area contributed by atoms with Gasteiger partial charge in [0.05, 0.1) is 29.0 Å². The van der Waals surface area contributed by atoms with E-state index in [1.165, 1.54) is 36.4 Å².